The van der Waals surface area contributed by atoms with Gasteiger partial charge in [-0.1, -0.05) is 0 Å². The second kappa shape index (κ2) is 4.61. The van der Waals surface area contributed by atoms with E-state index >= 15 is 0 Å². The Morgan fingerprint density at radius 3 is 2.86 bits per heavy atom. The van der Waals surface area contributed by atoms with E-state index in [2.05, 4.69) is 4.74 Å². The van der Waals surface area contributed by atoms with Gasteiger partial charge >= 0.3 is 11.9 Å². The van der Waals surface area contributed by atoms with Crippen LogP contribution in [0.15, 0.2) is 11.4 Å². The Morgan fingerprint density at radius 2 is 2.29 bits per heavy atom. The molecular formula is C8H8O5S. The lowest BCUT2D eigenvalue weighted by atomic mass is 10.4. The zero-order valence-electron chi connectivity index (χ0n) is 7.35. The molecule has 0 radical (unpaired) electrons. The topological polar surface area (TPSA) is 72.8 Å². The smallest absolute Gasteiger partial charge is 0.349 e. The summed E-state index contributed by atoms with van der Waals surface area (Å²) in [4.78, 5) is 21.4. The number of ether oxygens (including phenoxy) is 2. The maximum absolute atomic E-state index is 10.7. The van der Waals surface area contributed by atoms with Gasteiger partial charge in [-0.15, -0.1) is 11.3 Å². The van der Waals surface area contributed by atoms with E-state index in [-0.39, 0.29) is 17.2 Å². The van der Waals surface area contributed by atoms with E-state index in [4.69, 9.17) is 9.84 Å². The Labute approximate surface area is 83.9 Å². The van der Waals surface area contributed by atoms with Crippen LogP contribution in [0.3, 0.4) is 0 Å². The summed E-state index contributed by atoms with van der Waals surface area (Å²) >= 11 is 1.04. The minimum absolute atomic E-state index is 0.0777. The van der Waals surface area contributed by atoms with Gasteiger partial charge in [0.05, 0.1) is 7.11 Å². The fraction of sp³-hybridized carbons (Fsp3) is 0.250. The first-order valence-corrected chi connectivity index (χ1v) is 4.53. The number of carboxylic acids is 1. The first-order valence-electron chi connectivity index (χ1n) is 3.65. The summed E-state index contributed by atoms with van der Waals surface area (Å²) in [5, 5.41) is 10.3. The number of esters is 1. The third-order valence-electron chi connectivity index (χ3n) is 1.40. The average molecular weight is 216 g/mol. The third-order valence-corrected chi connectivity index (χ3v) is 2.28. The van der Waals surface area contributed by atoms with E-state index in [0.29, 0.717) is 0 Å². The molecule has 1 aromatic rings. The highest BCUT2D eigenvalue weighted by Gasteiger charge is 2.13. The molecule has 6 heteroatoms. The standard InChI is InChI=1S/C8H8O5S/c1-12-6(9)4-13-5-2-3-14-7(5)8(10)11/h2-3H,4H2,1H3,(H,10,11). The monoisotopic (exact) mass is 216 g/mol. The molecule has 1 rings (SSSR count). The second-order valence-electron chi connectivity index (χ2n) is 2.28. The molecule has 14 heavy (non-hydrogen) atoms. The van der Waals surface area contributed by atoms with Crippen LogP contribution in [0.4, 0.5) is 0 Å². The molecule has 76 valence electrons. The highest BCUT2D eigenvalue weighted by Crippen LogP contribution is 2.24. The number of rotatable bonds is 4. The van der Waals surface area contributed by atoms with Gasteiger partial charge in [-0.05, 0) is 11.4 Å². The predicted octanol–water partition coefficient (Wildman–Crippen LogP) is 0.998. The Balaban J connectivity index is 2.63. The molecule has 0 saturated heterocycles. The van der Waals surface area contributed by atoms with Crippen molar-refractivity contribution in [3.8, 4) is 5.75 Å². The minimum atomic E-state index is -1.07. The fourth-order valence-electron chi connectivity index (χ4n) is 0.763. The normalized spacial score (nSPS) is 9.50. The number of hydrogen-bond donors (Lipinski definition) is 1. The molecule has 0 fully saturated rings. The molecule has 1 aromatic heterocycles. The molecule has 0 spiro atoms. The largest absolute Gasteiger partial charge is 0.480 e. The molecular weight excluding hydrogens is 208 g/mol. The Bertz CT molecular complexity index is 343. The second-order valence-corrected chi connectivity index (χ2v) is 3.20. The molecule has 0 aliphatic heterocycles. The van der Waals surface area contributed by atoms with Crippen LogP contribution in [-0.2, 0) is 9.53 Å². The summed E-state index contributed by atoms with van der Waals surface area (Å²) < 4.78 is 9.29. The van der Waals surface area contributed by atoms with Crippen molar-refractivity contribution in [1.29, 1.82) is 0 Å². The number of carbonyl (C=O) groups is 2. The van der Waals surface area contributed by atoms with Crippen LogP contribution in [0.2, 0.25) is 0 Å². The van der Waals surface area contributed by atoms with E-state index in [0.717, 1.165) is 11.3 Å². The van der Waals surface area contributed by atoms with Crippen LogP contribution in [0.1, 0.15) is 9.67 Å². The number of thiophene rings is 1. The minimum Gasteiger partial charge on any atom is -0.480 e. The molecule has 0 saturated carbocycles. The van der Waals surface area contributed by atoms with Gasteiger partial charge in [0, 0.05) is 0 Å². The maximum Gasteiger partial charge on any atom is 0.349 e. The summed E-state index contributed by atoms with van der Waals surface area (Å²) in [6, 6.07) is 1.50. The van der Waals surface area contributed by atoms with E-state index in [1.807, 2.05) is 0 Å². The summed E-state index contributed by atoms with van der Waals surface area (Å²) in [6.45, 7) is -0.284. The van der Waals surface area contributed by atoms with Crippen LogP contribution < -0.4 is 4.74 Å². The van der Waals surface area contributed by atoms with Gasteiger partial charge in [-0.3, -0.25) is 0 Å². The van der Waals surface area contributed by atoms with Crippen LogP contribution >= 0.6 is 11.3 Å². The third kappa shape index (κ3) is 2.46. The number of carboxylic acid groups (broad SMARTS) is 1. The van der Waals surface area contributed by atoms with Gasteiger partial charge < -0.3 is 14.6 Å². The lowest BCUT2D eigenvalue weighted by Gasteiger charge is -2.02. The van der Waals surface area contributed by atoms with Crippen molar-refractivity contribution in [2.75, 3.05) is 13.7 Å². The number of carbonyl (C=O) groups excluding carboxylic acids is 1. The summed E-state index contributed by atoms with van der Waals surface area (Å²) in [5.41, 5.74) is 0. The van der Waals surface area contributed by atoms with Crippen LogP contribution in [0.5, 0.6) is 5.75 Å². The first-order chi connectivity index (χ1) is 6.65. The van der Waals surface area contributed by atoms with Crippen LogP contribution in [-0.4, -0.2) is 30.8 Å². The van der Waals surface area contributed by atoms with Crippen molar-refractivity contribution in [2.24, 2.45) is 0 Å². The number of hydrogen-bond acceptors (Lipinski definition) is 5. The SMILES string of the molecule is COC(=O)COc1ccsc1C(=O)O. The molecule has 0 unspecified atom stereocenters. The molecule has 0 aliphatic rings. The van der Waals surface area contributed by atoms with Gasteiger partial charge in [0.2, 0.25) is 0 Å². The molecule has 0 atom stereocenters. The quantitative estimate of drug-likeness (QED) is 0.760. The fourth-order valence-corrected chi connectivity index (χ4v) is 1.43. The average Bonchev–Trinajstić information content (AvgIpc) is 2.62. The van der Waals surface area contributed by atoms with E-state index in [1.54, 1.807) is 5.38 Å². The molecule has 0 aromatic carbocycles. The van der Waals surface area contributed by atoms with Crippen molar-refractivity contribution in [3.05, 3.63) is 16.3 Å². The Morgan fingerprint density at radius 1 is 1.57 bits per heavy atom. The number of methoxy groups -OCH3 is 1. The van der Waals surface area contributed by atoms with Crippen LogP contribution in [0, 0.1) is 0 Å². The van der Waals surface area contributed by atoms with Crippen molar-refractivity contribution in [2.45, 2.75) is 0 Å². The van der Waals surface area contributed by atoms with Gasteiger partial charge in [0.25, 0.3) is 0 Å². The van der Waals surface area contributed by atoms with Gasteiger partial charge in [-0.2, -0.15) is 0 Å². The van der Waals surface area contributed by atoms with E-state index in [1.165, 1.54) is 13.2 Å². The van der Waals surface area contributed by atoms with Crippen molar-refractivity contribution in [1.82, 2.24) is 0 Å². The number of aromatic carboxylic acids is 1. The van der Waals surface area contributed by atoms with E-state index in [9.17, 15) is 9.59 Å². The van der Waals surface area contributed by atoms with E-state index < -0.39 is 11.9 Å². The maximum atomic E-state index is 10.7. The highest BCUT2D eigenvalue weighted by molar-refractivity contribution is 7.12. The lowest BCUT2D eigenvalue weighted by molar-refractivity contribution is -0.142. The van der Waals surface area contributed by atoms with Gasteiger partial charge in [-0.25, -0.2) is 9.59 Å². The predicted molar refractivity (Wildman–Crippen MR) is 48.8 cm³/mol. The zero-order chi connectivity index (χ0) is 10.6. The zero-order valence-corrected chi connectivity index (χ0v) is 8.17. The summed E-state index contributed by atoms with van der Waals surface area (Å²) in [5.74, 6) is -1.43. The summed E-state index contributed by atoms with van der Waals surface area (Å²) in [6.07, 6.45) is 0. The molecule has 5 nitrogen and oxygen atoms in total. The molecule has 0 aliphatic carbocycles. The van der Waals surface area contributed by atoms with Crippen molar-refractivity contribution >= 4 is 23.3 Å². The van der Waals surface area contributed by atoms with Crippen LogP contribution in [0.25, 0.3) is 0 Å². The Kier molecular flexibility index (Phi) is 3.47. The molecule has 0 amide bonds. The molecule has 1 heterocycles. The molecule has 1 N–H and O–H groups in total. The lowest BCUT2D eigenvalue weighted by Crippen LogP contribution is -2.13. The van der Waals surface area contributed by atoms with Crippen molar-refractivity contribution < 1.29 is 24.2 Å². The first kappa shape index (κ1) is 10.5. The summed E-state index contributed by atoms with van der Waals surface area (Å²) in [7, 11) is 1.23. The highest BCUT2D eigenvalue weighted by atomic mass is 32.1. The van der Waals surface area contributed by atoms with Gasteiger partial charge in [0.15, 0.2) is 11.5 Å². The van der Waals surface area contributed by atoms with Crippen molar-refractivity contribution in [3.63, 3.8) is 0 Å². The Hall–Kier alpha value is -1.56. The molecule has 0 bridgehead atoms. The van der Waals surface area contributed by atoms with Gasteiger partial charge in [0.1, 0.15) is 5.75 Å².